The molecule has 0 bridgehead atoms. The number of nitrogens with one attached hydrogen (secondary N) is 2. The van der Waals surface area contributed by atoms with Crippen LogP contribution in [0.3, 0.4) is 0 Å². The molecule has 0 aliphatic heterocycles. The third kappa shape index (κ3) is 6.28. The topological polar surface area (TPSA) is 33.3 Å². The fourth-order valence-electron chi connectivity index (χ4n) is 1.81. The molecule has 3 nitrogen and oxygen atoms in total. The Morgan fingerprint density at radius 1 is 1.21 bits per heavy atom. The first-order valence-electron chi connectivity index (χ1n) is 6.79. The van der Waals surface area contributed by atoms with Crippen molar-refractivity contribution in [3.8, 4) is 5.75 Å². The van der Waals surface area contributed by atoms with E-state index >= 15 is 0 Å². The van der Waals surface area contributed by atoms with Gasteiger partial charge < -0.3 is 15.4 Å². The molecule has 0 aromatic heterocycles. The van der Waals surface area contributed by atoms with Crippen molar-refractivity contribution in [2.45, 2.75) is 33.4 Å². The van der Waals surface area contributed by atoms with Crippen molar-refractivity contribution >= 4 is 11.6 Å². The van der Waals surface area contributed by atoms with Gasteiger partial charge in [-0.1, -0.05) is 31.5 Å². The fraction of sp³-hybridized carbons (Fsp3) is 0.600. The Morgan fingerprint density at radius 2 is 1.95 bits per heavy atom. The lowest BCUT2D eigenvalue weighted by molar-refractivity contribution is 0.404. The van der Waals surface area contributed by atoms with Gasteiger partial charge in [-0.25, -0.2) is 0 Å². The Balaban J connectivity index is 2.39. The number of halogens is 1. The van der Waals surface area contributed by atoms with Crippen molar-refractivity contribution in [2.75, 3.05) is 20.2 Å². The molecule has 0 heterocycles. The smallest absolute Gasteiger partial charge is 0.124 e. The Morgan fingerprint density at radius 3 is 2.58 bits per heavy atom. The van der Waals surface area contributed by atoms with Crippen molar-refractivity contribution in [1.29, 1.82) is 0 Å². The maximum Gasteiger partial charge on any atom is 0.124 e. The van der Waals surface area contributed by atoms with Gasteiger partial charge in [0.2, 0.25) is 0 Å². The molecule has 108 valence electrons. The van der Waals surface area contributed by atoms with Crippen LogP contribution >= 0.6 is 11.6 Å². The molecule has 19 heavy (non-hydrogen) atoms. The third-order valence-corrected chi connectivity index (χ3v) is 3.13. The zero-order valence-corrected chi connectivity index (χ0v) is 13.1. The maximum absolute atomic E-state index is 5.95. The summed E-state index contributed by atoms with van der Waals surface area (Å²) in [6.45, 7) is 9.40. The van der Waals surface area contributed by atoms with E-state index < -0.39 is 0 Å². The van der Waals surface area contributed by atoms with Crippen LogP contribution in [-0.4, -0.2) is 26.2 Å². The highest BCUT2D eigenvalue weighted by atomic mass is 35.5. The number of ether oxygens (including phenoxy) is 1. The van der Waals surface area contributed by atoms with Crippen LogP contribution in [0, 0.1) is 5.92 Å². The fourth-order valence-corrected chi connectivity index (χ4v) is 1.97. The highest BCUT2D eigenvalue weighted by molar-refractivity contribution is 6.30. The summed E-state index contributed by atoms with van der Waals surface area (Å²) in [5.41, 5.74) is 1.13. The van der Waals surface area contributed by atoms with E-state index in [2.05, 4.69) is 31.4 Å². The van der Waals surface area contributed by atoms with Gasteiger partial charge >= 0.3 is 0 Å². The van der Waals surface area contributed by atoms with Crippen LogP contribution in [0.4, 0.5) is 0 Å². The number of methoxy groups -OCH3 is 1. The molecule has 1 atom stereocenters. The van der Waals surface area contributed by atoms with Gasteiger partial charge in [0.05, 0.1) is 7.11 Å². The minimum atomic E-state index is 0.416. The quantitative estimate of drug-likeness (QED) is 0.770. The van der Waals surface area contributed by atoms with Crippen LogP contribution in [0.1, 0.15) is 26.3 Å². The molecule has 2 N–H and O–H groups in total. The zero-order chi connectivity index (χ0) is 14.3. The summed E-state index contributed by atoms with van der Waals surface area (Å²) < 4.78 is 5.33. The van der Waals surface area contributed by atoms with E-state index in [9.17, 15) is 0 Å². The molecule has 0 saturated carbocycles. The van der Waals surface area contributed by atoms with Gasteiger partial charge in [0.1, 0.15) is 5.75 Å². The summed E-state index contributed by atoms with van der Waals surface area (Å²) in [4.78, 5) is 0. The summed E-state index contributed by atoms with van der Waals surface area (Å²) in [7, 11) is 1.67. The maximum atomic E-state index is 5.95. The van der Waals surface area contributed by atoms with Crippen LogP contribution < -0.4 is 15.4 Å². The second-order valence-electron chi connectivity index (χ2n) is 5.29. The first-order chi connectivity index (χ1) is 9.02. The molecule has 1 aromatic rings. The largest absolute Gasteiger partial charge is 0.496 e. The third-order valence-electron chi connectivity index (χ3n) is 2.89. The highest BCUT2D eigenvalue weighted by Gasteiger charge is 2.06. The highest BCUT2D eigenvalue weighted by Crippen LogP contribution is 2.22. The van der Waals surface area contributed by atoms with Gasteiger partial charge in [-0.05, 0) is 31.5 Å². The summed E-state index contributed by atoms with van der Waals surface area (Å²) in [6, 6.07) is 6.16. The average molecular weight is 285 g/mol. The van der Waals surface area contributed by atoms with Crippen molar-refractivity contribution in [1.82, 2.24) is 10.6 Å². The van der Waals surface area contributed by atoms with E-state index in [4.69, 9.17) is 16.3 Å². The molecule has 0 radical (unpaired) electrons. The standard InChI is InChI=1S/C15H25ClN2O/c1-11(2)8-17-9-12(3)18-10-13-5-6-14(16)7-15(13)19-4/h5-7,11-12,17-18H,8-10H2,1-4H3. The molecule has 0 spiro atoms. The Hall–Kier alpha value is -0.770. The van der Waals surface area contributed by atoms with Crippen LogP contribution in [0.2, 0.25) is 5.02 Å². The number of hydrogen-bond acceptors (Lipinski definition) is 3. The van der Waals surface area contributed by atoms with Crippen LogP contribution in [0.25, 0.3) is 0 Å². The van der Waals surface area contributed by atoms with Crippen molar-refractivity contribution in [3.63, 3.8) is 0 Å². The predicted octanol–water partition coefficient (Wildman–Crippen LogP) is 3.07. The predicted molar refractivity (Wildman–Crippen MR) is 82.0 cm³/mol. The SMILES string of the molecule is COc1cc(Cl)ccc1CNC(C)CNCC(C)C. The number of rotatable bonds is 8. The lowest BCUT2D eigenvalue weighted by Crippen LogP contribution is -2.37. The Bertz CT molecular complexity index is 382. The summed E-state index contributed by atoms with van der Waals surface area (Å²) in [6.07, 6.45) is 0. The van der Waals surface area contributed by atoms with Gasteiger partial charge in [-0.15, -0.1) is 0 Å². The monoisotopic (exact) mass is 284 g/mol. The van der Waals surface area contributed by atoms with Gasteiger partial charge in [-0.3, -0.25) is 0 Å². The Labute approximate surface area is 121 Å². The van der Waals surface area contributed by atoms with Crippen LogP contribution in [-0.2, 0) is 6.54 Å². The summed E-state index contributed by atoms with van der Waals surface area (Å²) >= 11 is 5.95. The minimum Gasteiger partial charge on any atom is -0.496 e. The second kappa shape index (κ2) is 8.41. The first-order valence-corrected chi connectivity index (χ1v) is 7.17. The van der Waals surface area contributed by atoms with E-state index in [0.717, 1.165) is 30.9 Å². The van der Waals surface area contributed by atoms with Gasteiger partial charge in [-0.2, -0.15) is 0 Å². The molecular formula is C15H25ClN2O. The molecule has 1 rings (SSSR count). The lowest BCUT2D eigenvalue weighted by atomic mass is 10.2. The molecule has 1 unspecified atom stereocenters. The zero-order valence-electron chi connectivity index (χ0n) is 12.3. The molecule has 0 aliphatic rings. The van der Waals surface area contributed by atoms with E-state index in [1.807, 2.05) is 18.2 Å². The van der Waals surface area contributed by atoms with E-state index in [1.54, 1.807) is 7.11 Å². The Kier molecular flexibility index (Phi) is 7.21. The van der Waals surface area contributed by atoms with Gasteiger partial charge in [0.15, 0.2) is 0 Å². The van der Waals surface area contributed by atoms with Crippen molar-refractivity contribution in [2.24, 2.45) is 5.92 Å². The second-order valence-corrected chi connectivity index (χ2v) is 5.73. The normalized spacial score (nSPS) is 12.7. The molecule has 0 amide bonds. The minimum absolute atomic E-state index is 0.416. The molecule has 0 fully saturated rings. The number of benzene rings is 1. The summed E-state index contributed by atoms with van der Waals surface area (Å²) in [5.74, 6) is 1.52. The summed E-state index contributed by atoms with van der Waals surface area (Å²) in [5, 5.41) is 7.63. The van der Waals surface area contributed by atoms with E-state index in [1.165, 1.54) is 0 Å². The molecule has 1 aromatic carbocycles. The number of hydrogen-bond donors (Lipinski definition) is 2. The molecular weight excluding hydrogens is 260 g/mol. The van der Waals surface area contributed by atoms with Gasteiger partial charge in [0.25, 0.3) is 0 Å². The molecule has 0 saturated heterocycles. The average Bonchev–Trinajstić information content (AvgIpc) is 2.36. The van der Waals surface area contributed by atoms with Crippen LogP contribution in [0.15, 0.2) is 18.2 Å². The first kappa shape index (κ1) is 16.3. The van der Waals surface area contributed by atoms with Crippen molar-refractivity contribution < 1.29 is 4.74 Å². The van der Waals surface area contributed by atoms with E-state index in [0.29, 0.717) is 17.0 Å². The van der Waals surface area contributed by atoms with Crippen molar-refractivity contribution in [3.05, 3.63) is 28.8 Å². The van der Waals surface area contributed by atoms with Crippen LogP contribution in [0.5, 0.6) is 5.75 Å². The van der Waals surface area contributed by atoms with Gasteiger partial charge in [0, 0.05) is 29.7 Å². The van der Waals surface area contributed by atoms with E-state index in [-0.39, 0.29) is 0 Å². The molecule has 0 aliphatic carbocycles. The molecule has 4 heteroatoms. The lowest BCUT2D eigenvalue weighted by Gasteiger charge is -2.17.